The fraction of sp³-hybridized carbons (Fsp3) is 0.611. The Balaban J connectivity index is 1.58. The maximum absolute atomic E-state index is 12.6. The van der Waals surface area contributed by atoms with Crippen LogP contribution in [0.15, 0.2) is 23.2 Å². The molecule has 0 radical (unpaired) electrons. The van der Waals surface area contributed by atoms with Gasteiger partial charge >= 0.3 is 0 Å². The normalized spacial score (nSPS) is 17.7. The first-order chi connectivity index (χ1) is 11.7. The van der Waals surface area contributed by atoms with E-state index in [2.05, 4.69) is 17.1 Å². The van der Waals surface area contributed by atoms with Gasteiger partial charge in [-0.2, -0.15) is 0 Å². The van der Waals surface area contributed by atoms with E-state index in [1.165, 1.54) is 12.8 Å². The van der Waals surface area contributed by atoms with E-state index < -0.39 is 0 Å². The van der Waals surface area contributed by atoms with Gasteiger partial charge in [-0.1, -0.05) is 24.1 Å². The third-order valence-electron chi connectivity index (χ3n) is 4.75. The first kappa shape index (κ1) is 16.7. The van der Waals surface area contributed by atoms with E-state index in [9.17, 15) is 9.59 Å². The number of nitrogens with one attached hydrogen (secondary N) is 1. The van der Waals surface area contributed by atoms with Crippen molar-refractivity contribution in [3.05, 3.63) is 30.2 Å². The van der Waals surface area contributed by atoms with Gasteiger partial charge < -0.3 is 14.7 Å². The minimum Gasteiger partial charge on any atom is -0.359 e. The molecule has 1 aromatic rings. The number of nitrogens with zero attached hydrogens (tertiary/aromatic N) is 2. The summed E-state index contributed by atoms with van der Waals surface area (Å²) in [5, 5.41) is 6.70. The van der Waals surface area contributed by atoms with Gasteiger partial charge in [-0.15, -0.1) is 6.58 Å². The van der Waals surface area contributed by atoms with Crippen LogP contribution in [0.2, 0.25) is 0 Å². The predicted octanol–water partition coefficient (Wildman–Crippen LogP) is 2.52. The Hall–Kier alpha value is -2.11. The van der Waals surface area contributed by atoms with E-state index in [0.717, 1.165) is 25.7 Å². The average molecular weight is 331 g/mol. The van der Waals surface area contributed by atoms with E-state index in [4.69, 9.17) is 4.52 Å². The van der Waals surface area contributed by atoms with Gasteiger partial charge in [-0.25, -0.2) is 0 Å². The largest absolute Gasteiger partial charge is 0.359 e. The highest BCUT2D eigenvalue weighted by Crippen LogP contribution is 2.28. The summed E-state index contributed by atoms with van der Waals surface area (Å²) in [5.74, 6) is 1.18. The van der Waals surface area contributed by atoms with E-state index in [1.54, 1.807) is 17.0 Å². The Bertz CT molecular complexity index is 600. The van der Waals surface area contributed by atoms with Gasteiger partial charge in [0.15, 0.2) is 11.5 Å². The molecule has 2 saturated carbocycles. The second-order valence-electron chi connectivity index (χ2n) is 6.82. The highest BCUT2D eigenvalue weighted by molar-refractivity contribution is 5.92. The van der Waals surface area contributed by atoms with E-state index in [1.807, 2.05) is 0 Å². The van der Waals surface area contributed by atoms with Crippen LogP contribution in [-0.2, 0) is 11.3 Å². The number of aromatic nitrogens is 1. The van der Waals surface area contributed by atoms with Crippen LogP contribution in [0.1, 0.15) is 54.8 Å². The molecule has 1 heterocycles. The summed E-state index contributed by atoms with van der Waals surface area (Å²) in [6, 6.07) is 1.63. The summed E-state index contributed by atoms with van der Waals surface area (Å²) in [6.07, 6.45) is 8.23. The van der Waals surface area contributed by atoms with Crippen LogP contribution in [0, 0.1) is 11.8 Å². The highest BCUT2D eigenvalue weighted by Gasteiger charge is 2.28. The van der Waals surface area contributed by atoms with Crippen molar-refractivity contribution in [1.82, 2.24) is 15.4 Å². The molecule has 2 fully saturated rings. The highest BCUT2D eigenvalue weighted by atomic mass is 16.5. The lowest BCUT2D eigenvalue weighted by Gasteiger charge is -2.23. The molecule has 1 N–H and O–H groups in total. The second-order valence-corrected chi connectivity index (χ2v) is 6.82. The zero-order chi connectivity index (χ0) is 16.9. The zero-order valence-electron chi connectivity index (χ0n) is 14.0. The fourth-order valence-electron chi connectivity index (χ4n) is 3.15. The number of carbonyl (C=O) groups excluding carboxylic acids is 2. The van der Waals surface area contributed by atoms with Crippen molar-refractivity contribution < 1.29 is 14.1 Å². The summed E-state index contributed by atoms with van der Waals surface area (Å²) in [5.41, 5.74) is 0.275. The quantitative estimate of drug-likeness (QED) is 0.743. The molecule has 0 spiro atoms. The van der Waals surface area contributed by atoms with Gasteiger partial charge in [-0.3, -0.25) is 9.59 Å². The fourth-order valence-corrected chi connectivity index (χ4v) is 3.15. The summed E-state index contributed by atoms with van der Waals surface area (Å²) < 4.78 is 5.26. The van der Waals surface area contributed by atoms with Crippen LogP contribution in [0.25, 0.3) is 0 Å². The first-order valence-corrected chi connectivity index (χ1v) is 8.81. The summed E-state index contributed by atoms with van der Waals surface area (Å²) in [4.78, 5) is 26.3. The van der Waals surface area contributed by atoms with Crippen LogP contribution in [-0.4, -0.2) is 35.0 Å². The van der Waals surface area contributed by atoms with Gasteiger partial charge in [0, 0.05) is 25.1 Å². The number of rotatable bonds is 8. The van der Waals surface area contributed by atoms with Crippen LogP contribution >= 0.6 is 0 Å². The molecule has 0 aliphatic heterocycles. The summed E-state index contributed by atoms with van der Waals surface area (Å²) in [7, 11) is 0. The van der Waals surface area contributed by atoms with Crippen molar-refractivity contribution in [3.63, 3.8) is 0 Å². The van der Waals surface area contributed by atoms with Crippen LogP contribution < -0.4 is 5.32 Å². The number of carbonyl (C=O) groups is 2. The average Bonchev–Trinajstić information content (AvgIpc) is 3.05. The third-order valence-corrected chi connectivity index (χ3v) is 4.75. The molecular formula is C18H25N3O3. The van der Waals surface area contributed by atoms with Crippen molar-refractivity contribution in [1.29, 1.82) is 0 Å². The Labute approximate surface area is 142 Å². The van der Waals surface area contributed by atoms with Crippen molar-refractivity contribution in [2.24, 2.45) is 11.8 Å². The monoisotopic (exact) mass is 331 g/mol. The molecule has 3 rings (SSSR count). The zero-order valence-corrected chi connectivity index (χ0v) is 14.0. The standard InChI is InChI=1S/C18H25N3O3/c1-2-9-21(18(23)14-5-3-4-6-14)12-15-10-16(20-24-15)17(22)19-11-13-7-8-13/h2,10,13-14H,1,3-9,11-12H2,(H,19,22). The lowest BCUT2D eigenvalue weighted by Crippen LogP contribution is -2.34. The van der Waals surface area contributed by atoms with Crippen molar-refractivity contribution in [2.45, 2.75) is 45.1 Å². The molecule has 0 saturated heterocycles. The predicted molar refractivity (Wildman–Crippen MR) is 89.1 cm³/mol. The molecule has 0 aromatic carbocycles. The Kier molecular flexibility index (Phi) is 5.33. The van der Waals surface area contributed by atoms with Crippen LogP contribution in [0.3, 0.4) is 0 Å². The van der Waals surface area contributed by atoms with Gasteiger partial charge in [0.25, 0.3) is 5.91 Å². The molecule has 2 amide bonds. The lowest BCUT2D eigenvalue weighted by molar-refractivity contribution is -0.135. The molecule has 0 unspecified atom stereocenters. The Morgan fingerprint density at radius 1 is 1.33 bits per heavy atom. The van der Waals surface area contributed by atoms with E-state index in [0.29, 0.717) is 31.3 Å². The van der Waals surface area contributed by atoms with Crippen molar-refractivity contribution in [3.8, 4) is 0 Å². The van der Waals surface area contributed by atoms with E-state index >= 15 is 0 Å². The topological polar surface area (TPSA) is 75.4 Å². The first-order valence-electron chi connectivity index (χ1n) is 8.81. The molecule has 2 aliphatic carbocycles. The molecule has 6 nitrogen and oxygen atoms in total. The van der Waals surface area contributed by atoms with Gasteiger partial charge in [0.1, 0.15) is 0 Å². The SMILES string of the molecule is C=CCN(Cc1cc(C(=O)NCC2CC2)no1)C(=O)C1CCCC1. The molecule has 6 heteroatoms. The molecular weight excluding hydrogens is 306 g/mol. The molecule has 2 aliphatic rings. The molecule has 0 bridgehead atoms. The van der Waals surface area contributed by atoms with Crippen molar-refractivity contribution in [2.75, 3.05) is 13.1 Å². The smallest absolute Gasteiger partial charge is 0.273 e. The lowest BCUT2D eigenvalue weighted by atomic mass is 10.1. The molecule has 0 atom stereocenters. The summed E-state index contributed by atoms with van der Waals surface area (Å²) >= 11 is 0. The molecule has 24 heavy (non-hydrogen) atoms. The maximum Gasteiger partial charge on any atom is 0.273 e. The number of hydrogen-bond donors (Lipinski definition) is 1. The van der Waals surface area contributed by atoms with Gasteiger partial charge in [-0.05, 0) is 31.6 Å². The minimum absolute atomic E-state index is 0.106. The van der Waals surface area contributed by atoms with E-state index in [-0.39, 0.29) is 23.4 Å². The minimum atomic E-state index is -0.214. The maximum atomic E-state index is 12.6. The summed E-state index contributed by atoms with van der Waals surface area (Å²) in [6.45, 7) is 5.22. The Morgan fingerprint density at radius 3 is 2.75 bits per heavy atom. The number of amides is 2. The van der Waals surface area contributed by atoms with Crippen molar-refractivity contribution >= 4 is 11.8 Å². The van der Waals surface area contributed by atoms with Gasteiger partial charge in [0.05, 0.1) is 6.54 Å². The third kappa shape index (κ3) is 4.24. The van der Waals surface area contributed by atoms with Crippen LogP contribution in [0.5, 0.6) is 0 Å². The van der Waals surface area contributed by atoms with Crippen LogP contribution in [0.4, 0.5) is 0 Å². The Morgan fingerprint density at radius 2 is 2.08 bits per heavy atom. The van der Waals surface area contributed by atoms with Gasteiger partial charge in [0.2, 0.25) is 5.91 Å². The second kappa shape index (κ2) is 7.64. The molecule has 1 aromatic heterocycles. The number of hydrogen-bond acceptors (Lipinski definition) is 4. The molecule has 130 valence electrons.